The normalized spacial score (nSPS) is 13.7. The van der Waals surface area contributed by atoms with Crippen molar-refractivity contribution in [1.29, 1.82) is 0 Å². The Morgan fingerprint density at radius 2 is 1.94 bits per heavy atom. The number of nitrogens with zero attached hydrogens (tertiary/aromatic N) is 1. The predicted molar refractivity (Wildman–Crippen MR) is 72.8 cm³/mol. The van der Waals surface area contributed by atoms with E-state index in [0.29, 0.717) is 18.0 Å². The minimum absolute atomic E-state index is 0.0439. The van der Waals surface area contributed by atoms with Gasteiger partial charge in [-0.3, -0.25) is 9.78 Å². The average Bonchev–Trinajstić information content (AvgIpc) is 2.24. The number of hydrogen-bond donors (Lipinski definition) is 1. The van der Waals surface area contributed by atoms with Crippen molar-refractivity contribution in [2.45, 2.75) is 52.4 Å². The van der Waals surface area contributed by atoms with E-state index in [1.165, 1.54) is 0 Å². The number of aromatic nitrogens is 1. The summed E-state index contributed by atoms with van der Waals surface area (Å²) in [6, 6.07) is 3.83. The molecule has 1 aromatic rings. The zero-order valence-electron chi connectivity index (χ0n) is 11.9. The first-order valence-electron chi connectivity index (χ1n) is 6.41. The first-order chi connectivity index (χ1) is 8.21. The van der Waals surface area contributed by atoms with E-state index in [4.69, 9.17) is 0 Å². The summed E-state index contributed by atoms with van der Waals surface area (Å²) in [7, 11) is 0. The maximum absolute atomic E-state index is 11.3. The van der Waals surface area contributed by atoms with Gasteiger partial charge in [-0.2, -0.15) is 0 Å². The SMILES string of the molecule is CC(C)CC(C(=O)O)c1ccc(C(C)(C)C)cn1. The largest absolute Gasteiger partial charge is 0.481 e. The fraction of sp³-hybridized carbons (Fsp3) is 0.600. The number of hydrogen-bond acceptors (Lipinski definition) is 2. The van der Waals surface area contributed by atoms with Crippen molar-refractivity contribution >= 4 is 5.97 Å². The van der Waals surface area contributed by atoms with E-state index >= 15 is 0 Å². The Kier molecular flexibility index (Phi) is 4.49. The molecule has 0 aliphatic rings. The average molecular weight is 249 g/mol. The topological polar surface area (TPSA) is 50.2 Å². The molecule has 0 aromatic carbocycles. The van der Waals surface area contributed by atoms with Crippen molar-refractivity contribution in [3.05, 3.63) is 29.6 Å². The third-order valence-electron chi connectivity index (χ3n) is 3.01. The lowest BCUT2D eigenvalue weighted by atomic mass is 9.87. The molecule has 0 radical (unpaired) electrons. The molecule has 3 heteroatoms. The first-order valence-corrected chi connectivity index (χ1v) is 6.41. The van der Waals surface area contributed by atoms with Crippen molar-refractivity contribution < 1.29 is 9.90 Å². The number of pyridine rings is 1. The van der Waals surface area contributed by atoms with Crippen molar-refractivity contribution in [2.24, 2.45) is 5.92 Å². The summed E-state index contributed by atoms with van der Waals surface area (Å²) >= 11 is 0. The van der Waals surface area contributed by atoms with Crippen LogP contribution >= 0.6 is 0 Å². The van der Waals surface area contributed by atoms with Crippen LogP contribution in [0.15, 0.2) is 18.3 Å². The van der Waals surface area contributed by atoms with Gasteiger partial charge in [0.15, 0.2) is 0 Å². The van der Waals surface area contributed by atoms with Gasteiger partial charge in [0, 0.05) is 6.20 Å². The van der Waals surface area contributed by atoms with Crippen LogP contribution in [0, 0.1) is 5.92 Å². The number of rotatable bonds is 4. The van der Waals surface area contributed by atoms with Crippen molar-refractivity contribution in [2.75, 3.05) is 0 Å². The molecule has 0 aliphatic carbocycles. The summed E-state index contributed by atoms with van der Waals surface area (Å²) in [6.07, 6.45) is 2.42. The third-order valence-corrected chi connectivity index (χ3v) is 3.01. The molecule has 0 bridgehead atoms. The van der Waals surface area contributed by atoms with Gasteiger partial charge in [-0.1, -0.05) is 40.7 Å². The summed E-state index contributed by atoms with van der Waals surface area (Å²) in [5, 5.41) is 9.26. The van der Waals surface area contributed by atoms with Gasteiger partial charge in [-0.25, -0.2) is 0 Å². The highest BCUT2D eigenvalue weighted by Crippen LogP contribution is 2.26. The smallest absolute Gasteiger partial charge is 0.312 e. The monoisotopic (exact) mass is 249 g/mol. The van der Waals surface area contributed by atoms with Crippen LogP contribution in [-0.4, -0.2) is 16.1 Å². The van der Waals surface area contributed by atoms with Crippen LogP contribution in [-0.2, 0) is 10.2 Å². The Hall–Kier alpha value is -1.38. The molecule has 1 unspecified atom stereocenters. The standard InChI is InChI=1S/C15H23NO2/c1-10(2)8-12(14(17)18)13-7-6-11(9-16-13)15(3,4)5/h6-7,9-10,12H,8H2,1-5H3,(H,17,18). The van der Waals surface area contributed by atoms with Crippen molar-refractivity contribution in [3.8, 4) is 0 Å². The number of carbonyl (C=O) groups is 1. The summed E-state index contributed by atoms with van der Waals surface area (Å²) in [6.45, 7) is 10.4. The molecule has 18 heavy (non-hydrogen) atoms. The van der Waals surface area contributed by atoms with Gasteiger partial charge in [0.25, 0.3) is 0 Å². The molecule has 1 rings (SSSR count). The van der Waals surface area contributed by atoms with Gasteiger partial charge in [0.05, 0.1) is 11.6 Å². The summed E-state index contributed by atoms with van der Waals surface area (Å²) in [5.41, 5.74) is 1.83. The molecule has 0 spiro atoms. The van der Waals surface area contributed by atoms with Crippen LogP contribution in [0.5, 0.6) is 0 Å². The molecule has 1 atom stereocenters. The highest BCUT2D eigenvalue weighted by Gasteiger charge is 2.23. The maximum atomic E-state index is 11.3. The van der Waals surface area contributed by atoms with E-state index in [1.54, 1.807) is 6.20 Å². The Bertz CT molecular complexity index is 401. The fourth-order valence-electron chi connectivity index (χ4n) is 1.87. The molecular formula is C15H23NO2. The molecule has 0 amide bonds. The molecule has 1 aromatic heterocycles. The molecule has 0 fully saturated rings. The summed E-state index contributed by atoms with van der Waals surface area (Å²) in [4.78, 5) is 15.6. The number of aliphatic carboxylic acids is 1. The molecule has 1 heterocycles. The van der Waals surface area contributed by atoms with Crippen LogP contribution < -0.4 is 0 Å². The quantitative estimate of drug-likeness (QED) is 0.887. The fourth-order valence-corrected chi connectivity index (χ4v) is 1.87. The lowest BCUT2D eigenvalue weighted by molar-refractivity contribution is -0.139. The van der Waals surface area contributed by atoms with Gasteiger partial charge in [-0.15, -0.1) is 0 Å². The molecule has 3 nitrogen and oxygen atoms in total. The first kappa shape index (κ1) is 14.7. The zero-order valence-corrected chi connectivity index (χ0v) is 11.9. The minimum atomic E-state index is -0.792. The third kappa shape index (κ3) is 3.83. The molecule has 0 saturated carbocycles. The molecule has 0 saturated heterocycles. The van der Waals surface area contributed by atoms with Crippen LogP contribution in [0.25, 0.3) is 0 Å². The van der Waals surface area contributed by atoms with Crippen molar-refractivity contribution in [1.82, 2.24) is 4.98 Å². The van der Waals surface area contributed by atoms with E-state index in [2.05, 4.69) is 25.8 Å². The highest BCUT2D eigenvalue weighted by molar-refractivity contribution is 5.75. The molecule has 100 valence electrons. The van der Waals surface area contributed by atoms with Crippen LogP contribution in [0.1, 0.15) is 58.2 Å². The van der Waals surface area contributed by atoms with Crippen molar-refractivity contribution in [3.63, 3.8) is 0 Å². The van der Waals surface area contributed by atoms with Gasteiger partial charge >= 0.3 is 5.97 Å². The van der Waals surface area contributed by atoms with E-state index in [9.17, 15) is 9.90 Å². The Labute approximate surface area is 109 Å². The Balaban J connectivity index is 2.98. The van der Waals surface area contributed by atoms with E-state index in [0.717, 1.165) is 5.56 Å². The van der Waals surface area contributed by atoms with Gasteiger partial charge < -0.3 is 5.11 Å². The van der Waals surface area contributed by atoms with E-state index < -0.39 is 11.9 Å². The van der Waals surface area contributed by atoms with E-state index in [-0.39, 0.29) is 5.41 Å². The zero-order chi connectivity index (χ0) is 13.9. The maximum Gasteiger partial charge on any atom is 0.312 e. The minimum Gasteiger partial charge on any atom is -0.481 e. The van der Waals surface area contributed by atoms with Gasteiger partial charge in [0.2, 0.25) is 0 Å². The second kappa shape index (κ2) is 5.51. The lowest BCUT2D eigenvalue weighted by Gasteiger charge is -2.20. The van der Waals surface area contributed by atoms with Crippen LogP contribution in [0.2, 0.25) is 0 Å². The summed E-state index contributed by atoms with van der Waals surface area (Å²) < 4.78 is 0. The summed E-state index contributed by atoms with van der Waals surface area (Å²) in [5.74, 6) is -0.950. The van der Waals surface area contributed by atoms with E-state index in [1.807, 2.05) is 26.0 Å². The number of carboxylic acid groups (broad SMARTS) is 1. The van der Waals surface area contributed by atoms with Crippen LogP contribution in [0.4, 0.5) is 0 Å². The predicted octanol–water partition coefficient (Wildman–Crippen LogP) is 3.59. The molecule has 1 N–H and O–H groups in total. The Morgan fingerprint density at radius 3 is 2.28 bits per heavy atom. The van der Waals surface area contributed by atoms with Gasteiger partial charge in [-0.05, 0) is 29.4 Å². The highest BCUT2D eigenvalue weighted by atomic mass is 16.4. The molecular weight excluding hydrogens is 226 g/mol. The lowest BCUT2D eigenvalue weighted by Crippen LogP contribution is -2.17. The number of carboxylic acids is 1. The second-order valence-electron chi connectivity index (χ2n) is 6.24. The second-order valence-corrected chi connectivity index (χ2v) is 6.24. The van der Waals surface area contributed by atoms with Crippen LogP contribution in [0.3, 0.4) is 0 Å². The van der Waals surface area contributed by atoms with Gasteiger partial charge in [0.1, 0.15) is 0 Å². The molecule has 0 aliphatic heterocycles. The Morgan fingerprint density at radius 1 is 1.33 bits per heavy atom.